The van der Waals surface area contributed by atoms with Crippen molar-refractivity contribution in [2.45, 2.75) is 51.6 Å². The van der Waals surface area contributed by atoms with E-state index in [0.717, 1.165) is 35.1 Å². The summed E-state index contributed by atoms with van der Waals surface area (Å²) in [6.45, 7) is 6.37. The van der Waals surface area contributed by atoms with E-state index < -0.39 is 0 Å². The molecule has 1 aromatic heterocycles. The van der Waals surface area contributed by atoms with Gasteiger partial charge in [0, 0.05) is 18.6 Å². The zero-order valence-corrected chi connectivity index (χ0v) is 13.5. The van der Waals surface area contributed by atoms with Crippen LogP contribution in [0.5, 0.6) is 0 Å². The number of nitrogens with one attached hydrogen (secondary N) is 1. The number of fused-ring (bicyclic) bond motifs is 1. The molecule has 0 saturated carbocycles. The van der Waals surface area contributed by atoms with Gasteiger partial charge in [-0.05, 0) is 51.6 Å². The third-order valence-corrected chi connectivity index (χ3v) is 5.07. The summed E-state index contributed by atoms with van der Waals surface area (Å²) < 4.78 is 0. The molecule has 0 radical (unpaired) electrons. The van der Waals surface area contributed by atoms with Crippen LogP contribution in [0.1, 0.15) is 42.5 Å². The molecule has 3 N–H and O–H groups in total. The molecule has 0 bridgehead atoms. The van der Waals surface area contributed by atoms with Crippen LogP contribution in [0.2, 0.25) is 0 Å². The molecule has 2 aliphatic rings. The van der Waals surface area contributed by atoms with Crippen LogP contribution in [0.25, 0.3) is 0 Å². The Labute approximate surface area is 131 Å². The van der Waals surface area contributed by atoms with Gasteiger partial charge in [0.15, 0.2) is 5.82 Å². The van der Waals surface area contributed by atoms with Crippen LogP contribution in [0, 0.1) is 13.8 Å². The molecule has 2 atom stereocenters. The number of anilines is 1. The molecular formula is C15H23N5S. The van der Waals surface area contributed by atoms with Gasteiger partial charge in [-0.25, -0.2) is 0 Å². The molecule has 1 aromatic rings. The number of hydrogen-bond donors (Lipinski definition) is 2. The number of piperidine rings is 1. The molecular weight excluding hydrogens is 282 g/mol. The van der Waals surface area contributed by atoms with Gasteiger partial charge in [0.05, 0.1) is 11.3 Å². The van der Waals surface area contributed by atoms with Gasteiger partial charge in [-0.2, -0.15) is 5.10 Å². The average Bonchev–Trinajstić information content (AvgIpc) is 2.90. The third kappa shape index (κ3) is 2.87. The van der Waals surface area contributed by atoms with Gasteiger partial charge < -0.3 is 16.0 Å². The van der Waals surface area contributed by atoms with Crippen LogP contribution < -0.4 is 11.1 Å². The van der Waals surface area contributed by atoms with Crippen LogP contribution in [0.15, 0.2) is 0 Å². The van der Waals surface area contributed by atoms with Crippen LogP contribution in [-0.4, -0.2) is 45.3 Å². The second-order valence-electron chi connectivity index (χ2n) is 6.20. The van der Waals surface area contributed by atoms with Crippen LogP contribution in [0.4, 0.5) is 5.82 Å². The smallest absolute Gasteiger partial charge is 0.159 e. The maximum atomic E-state index is 5.89. The van der Waals surface area contributed by atoms with E-state index in [4.69, 9.17) is 18.0 Å². The Kier molecular flexibility index (Phi) is 4.08. The van der Waals surface area contributed by atoms with E-state index in [1.54, 1.807) is 0 Å². The summed E-state index contributed by atoms with van der Waals surface area (Å²) >= 11 is 5.20. The zero-order chi connectivity index (χ0) is 15.0. The average molecular weight is 305 g/mol. The van der Waals surface area contributed by atoms with E-state index in [9.17, 15) is 0 Å². The summed E-state index contributed by atoms with van der Waals surface area (Å²) in [6, 6.07) is 1.16. The minimum Gasteiger partial charge on any atom is -0.389 e. The Morgan fingerprint density at radius 1 is 1.29 bits per heavy atom. The molecule has 21 heavy (non-hydrogen) atoms. The highest BCUT2D eigenvalue weighted by molar-refractivity contribution is 7.80. The lowest BCUT2D eigenvalue weighted by atomic mass is 9.97. The van der Waals surface area contributed by atoms with Gasteiger partial charge in [-0.15, -0.1) is 5.10 Å². The highest BCUT2D eigenvalue weighted by Gasteiger charge is 2.32. The van der Waals surface area contributed by atoms with Crippen molar-refractivity contribution in [1.29, 1.82) is 0 Å². The van der Waals surface area contributed by atoms with E-state index in [-0.39, 0.29) is 0 Å². The van der Waals surface area contributed by atoms with Gasteiger partial charge in [0.2, 0.25) is 0 Å². The first kappa shape index (κ1) is 14.7. The van der Waals surface area contributed by atoms with Crippen molar-refractivity contribution in [2.75, 3.05) is 18.4 Å². The molecule has 3 heterocycles. The van der Waals surface area contributed by atoms with Gasteiger partial charge in [-0.3, -0.25) is 0 Å². The van der Waals surface area contributed by atoms with Crippen LogP contribution >= 0.6 is 12.2 Å². The minimum atomic E-state index is 0.395. The number of thiocarbonyl (C=S) groups is 1. The molecule has 0 aliphatic carbocycles. The van der Waals surface area contributed by atoms with E-state index in [0.29, 0.717) is 11.0 Å². The number of nitrogens with two attached hydrogens (primary N) is 1. The monoisotopic (exact) mass is 305 g/mol. The Morgan fingerprint density at radius 2 is 2.10 bits per heavy atom. The lowest BCUT2D eigenvalue weighted by molar-refractivity contribution is 0.188. The van der Waals surface area contributed by atoms with Gasteiger partial charge in [-0.1, -0.05) is 12.2 Å². The van der Waals surface area contributed by atoms with Crippen molar-refractivity contribution in [3.05, 3.63) is 16.8 Å². The molecule has 2 aliphatic heterocycles. The fourth-order valence-electron chi connectivity index (χ4n) is 3.56. The van der Waals surface area contributed by atoms with E-state index >= 15 is 0 Å². The third-order valence-electron chi connectivity index (χ3n) is 4.86. The highest BCUT2D eigenvalue weighted by Crippen LogP contribution is 2.29. The molecule has 5 nitrogen and oxygen atoms in total. The summed E-state index contributed by atoms with van der Waals surface area (Å²) in [5, 5.41) is 12.1. The first-order valence-corrected chi connectivity index (χ1v) is 8.11. The van der Waals surface area contributed by atoms with Gasteiger partial charge in [0.25, 0.3) is 0 Å². The summed E-state index contributed by atoms with van der Waals surface area (Å²) in [4.78, 5) is 3.00. The van der Waals surface area contributed by atoms with E-state index in [1.807, 2.05) is 13.8 Å². The summed E-state index contributed by atoms with van der Waals surface area (Å²) in [7, 11) is 0. The summed E-state index contributed by atoms with van der Waals surface area (Å²) in [5.41, 5.74) is 8.65. The Bertz CT molecular complexity index is 559. The fourth-order valence-corrected chi connectivity index (χ4v) is 3.81. The Balaban J connectivity index is 1.79. The number of hydrogen-bond acceptors (Lipinski definition) is 5. The van der Waals surface area contributed by atoms with Crippen molar-refractivity contribution in [3.8, 4) is 0 Å². The van der Waals surface area contributed by atoms with Crippen molar-refractivity contribution < 1.29 is 0 Å². The second-order valence-corrected chi connectivity index (χ2v) is 6.64. The normalized spacial score (nSPS) is 25.6. The lowest BCUT2D eigenvalue weighted by Crippen LogP contribution is -2.43. The quantitative estimate of drug-likeness (QED) is 0.830. The van der Waals surface area contributed by atoms with Crippen LogP contribution in [-0.2, 0) is 0 Å². The largest absolute Gasteiger partial charge is 0.389 e. The fraction of sp³-hybridized carbons (Fsp3) is 0.667. The lowest BCUT2D eigenvalue weighted by Gasteiger charge is -2.35. The van der Waals surface area contributed by atoms with Crippen molar-refractivity contribution >= 4 is 23.0 Å². The Morgan fingerprint density at radius 3 is 2.86 bits per heavy atom. The first-order chi connectivity index (χ1) is 10.1. The second kappa shape index (κ2) is 5.85. The molecule has 0 spiro atoms. The standard InChI is InChI=1S/C15H23N5S/c1-9-10(2)18-19-15(13(9)14(16)21)17-11-5-7-20-6-3-4-12(20)8-11/h11-12H,3-8H2,1-2H3,(H2,16,21)(H,17,19). The number of nitrogens with zero attached hydrogens (tertiary/aromatic N) is 3. The number of rotatable bonds is 3. The molecule has 3 rings (SSSR count). The summed E-state index contributed by atoms with van der Waals surface area (Å²) in [5.74, 6) is 0.752. The van der Waals surface area contributed by atoms with Gasteiger partial charge >= 0.3 is 0 Å². The molecule has 0 amide bonds. The molecule has 6 heteroatoms. The summed E-state index contributed by atoms with van der Waals surface area (Å²) in [6.07, 6.45) is 4.96. The Hall–Kier alpha value is -1.27. The maximum Gasteiger partial charge on any atom is 0.159 e. The van der Waals surface area contributed by atoms with E-state index in [1.165, 1.54) is 32.4 Å². The molecule has 2 fully saturated rings. The zero-order valence-electron chi connectivity index (χ0n) is 12.7. The molecule has 2 unspecified atom stereocenters. The molecule has 2 saturated heterocycles. The molecule has 0 aromatic carbocycles. The predicted octanol–water partition coefficient (Wildman–Crippen LogP) is 1.77. The molecule has 114 valence electrons. The predicted molar refractivity (Wildman–Crippen MR) is 88.6 cm³/mol. The maximum absolute atomic E-state index is 5.89. The highest BCUT2D eigenvalue weighted by atomic mass is 32.1. The topological polar surface area (TPSA) is 67.1 Å². The van der Waals surface area contributed by atoms with Crippen molar-refractivity contribution in [3.63, 3.8) is 0 Å². The number of aromatic nitrogens is 2. The van der Waals surface area contributed by atoms with Gasteiger partial charge in [0.1, 0.15) is 4.99 Å². The van der Waals surface area contributed by atoms with Crippen molar-refractivity contribution in [1.82, 2.24) is 15.1 Å². The first-order valence-electron chi connectivity index (χ1n) is 7.70. The number of aryl methyl sites for hydroxylation is 1. The minimum absolute atomic E-state index is 0.395. The van der Waals surface area contributed by atoms with E-state index in [2.05, 4.69) is 20.4 Å². The van der Waals surface area contributed by atoms with Crippen LogP contribution in [0.3, 0.4) is 0 Å². The van der Waals surface area contributed by atoms with Crippen molar-refractivity contribution in [2.24, 2.45) is 5.73 Å². The SMILES string of the molecule is Cc1nnc(NC2CCN3CCCC3C2)c(C(N)=S)c1C.